The van der Waals surface area contributed by atoms with E-state index in [9.17, 15) is 8.42 Å². The van der Waals surface area contributed by atoms with Crippen LogP contribution in [0.15, 0.2) is 29.6 Å². The lowest BCUT2D eigenvalue weighted by atomic mass is 10.3. The molecule has 0 aliphatic carbocycles. The summed E-state index contributed by atoms with van der Waals surface area (Å²) in [5, 5.41) is 6.43. The van der Waals surface area contributed by atoms with Gasteiger partial charge in [0.1, 0.15) is 18.0 Å². The summed E-state index contributed by atoms with van der Waals surface area (Å²) in [6.07, 6.45) is 4.02. The SMILES string of the molecule is NNc1cc(S(=O)(=O)NCCCc2ncn[nH]2)ccn1. The molecule has 0 aliphatic rings. The number of aromatic amines is 1. The van der Waals surface area contributed by atoms with Gasteiger partial charge in [0.2, 0.25) is 10.0 Å². The third kappa shape index (κ3) is 3.73. The highest BCUT2D eigenvalue weighted by molar-refractivity contribution is 7.89. The van der Waals surface area contributed by atoms with Crippen LogP contribution in [0.5, 0.6) is 0 Å². The van der Waals surface area contributed by atoms with Crippen LogP contribution in [0.25, 0.3) is 0 Å². The zero-order valence-corrected chi connectivity index (χ0v) is 11.4. The van der Waals surface area contributed by atoms with Gasteiger partial charge in [0, 0.05) is 25.2 Å². The minimum Gasteiger partial charge on any atom is -0.308 e. The number of hydrogen-bond donors (Lipinski definition) is 4. The number of nitrogens with two attached hydrogens (primary N) is 1. The van der Waals surface area contributed by atoms with Gasteiger partial charge in [-0.1, -0.05) is 0 Å². The van der Waals surface area contributed by atoms with Crippen LogP contribution < -0.4 is 16.0 Å². The second kappa shape index (κ2) is 6.41. The third-order valence-corrected chi connectivity index (χ3v) is 4.00. The first-order valence-corrected chi connectivity index (χ1v) is 7.37. The van der Waals surface area contributed by atoms with E-state index in [1.54, 1.807) is 0 Å². The number of nitrogens with zero attached hydrogens (tertiary/aromatic N) is 3. The second-order valence-electron chi connectivity index (χ2n) is 3.95. The van der Waals surface area contributed by atoms with E-state index in [2.05, 4.69) is 30.3 Å². The average Bonchev–Trinajstić information content (AvgIpc) is 2.97. The van der Waals surface area contributed by atoms with Gasteiger partial charge in [-0.15, -0.1) is 0 Å². The molecule has 2 rings (SSSR count). The van der Waals surface area contributed by atoms with Crippen molar-refractivity contribution in [3.8, 4) is 0 Å². The van der Waals surface area contributed by atoms with Gasteiger partial charge in [-0.05, 0) is 12.5 Å². The van der Waals surface area contributed by atoms with E-state index in [4.69, 9.17) is 5.84 Å². The lowest BCUT2D eigenvalue weighted by Gasteiger charge is -2.07. The van der Waals surface area contributed by atoms with E-state index in [0.717, 1.165) is 5.82 Å². The van der Waals surface area contributed by atoms with Crippen molar-refractivity contribution >= 4 is 15.8 Å². The molecule has 2 aromatic rings. The topological polar surface area (TPSA) is 139 Å². The molecule has 0 aromatic carbocycles. The predicted molar refractivity (Wildman–Crippen MR) is 71.9 cm³/mol. The van der Waals surface area contributed by atoms with E-state index in [0.29, 0.717) is 19.4 Å². The van der Waals surface area contributed by atoms with E-state index in [1.807, 2.05) is 0 Å². The molecule has 0 saturated heterocycles. The summed E-state index contributed by atoms with van der Waals surface area (Å²) < 4.78 is 26.5. The van der Waals surface area contributed by atoms with E-state index in [1.165, 1.54) is 24.7 Å². The maximum Gasteiger partial charge on any atom is 0.240 e. The molecule has 10 heteroatoms. The molecule has 0 aliphatic heterocycles. The van der Waals surface area contributed by atoms with Crippen LogP contribution in [0.2, 0.25) is 0 Å². The van der Waals surface area contributed by atoms with Crippen molar-refractivity contribution in [2.24, 2.45) is 5.84 Å². The number of anilines is 1. The van der Waals surface area contributed by atoms with Crippen molar-refractivity contribution < 1.29 is 8.42 Å². The van der Waals surface area contributed by atoms with Gasteiger partial charge in [-0.3, -0.25) is 5.10 Å². The van der Waals surface area contributed by atoms with Gasteiger partial charge < -0.3 is 5.43 Å². The van der Waals surface area contributed by atoms with Gasteiger partial charge in [0.25, 0.3) is 0 Å². The first kappa shape index (κ1) is 14.4. The predicted octanol–water partition coefficient (Wildman–Crippen LogP) is -0.604. The van der Waals surface area contributed by atoms with Crippen molar-refractivity contribution in [3.63, 3.8) is 0 Å². The Kier molecular flexibility index (Phi) is 4.61. The second-order valence-corrected chi connectivity index (χ2v) is 5.72. The van der Waals surface area contributed by atoms with Crippen LogP contribution in [0.3, 0.4) is 0 Å². The highest BCUT2D eigenvalue weighted by Gasteiger charge is 2.14. The lowest BCUT2D eigenvalue weighted by Crippen LogP contribution is -2.25. The number of pyridine rings is 1. The maximum absolute atomic E-state index is 12.0. The standard InChI is InChI=1S/C10H15N7O2S/c11-16-10-6-8(3-5-12-10)20(18,19)15-4-1-2-9-13-7-14-17-9/h3,5-7,15H,1-2,4,11H2,(H,12,16)(H,13,14,17). The largest absolute Gasteiger partial charge is 0.308 e. The Bertz CT molecular complexity index is 641. The van der Waals surface area contributed by atoms with Crippen LogP contribution in [-0.4, -0.2) is 35.1 Å². The Hall–Kier alpha value is -2.04. The number of hydrogen-bond acceptors (Lipinski definition) is 7. The molecule has 2 aromatic heterocycles. The molecular weight excluding hydrogens is 282 g/mol. The van der Waals surface area contributed by atoms with Crippen molar-refractivity contribution in [3.05, 3.63) is 30.5 Å². The maximum atomic E-state index is 12.0. The van der Waals surface area contributed by atoms with Gasteiger partial charge in [0.15, 0.2) is 0 Å². The Morgan fingerprint density at radius 2 is 2.20 bits per heavy atom. The summed E-state index contributed by atoms with van der Waals surface area (Å²) in [5.41, 5.74) is 2.30. The first-order chi connectivity index (χ1) is 9.62. The Morgan fingerprint density at radius 1 is 1.35 bits per heavy atom. The fraction of sp³-hybridized carbons (Fsp3) is 0.300. The highest BCUT2D eigenvalue weighted by Crippen LogP contribution is 2.11. The zero-order valence-electron chi connectivity index (χ0n) is 10.6. The summed E-state index contributed by atoms with van der Waals surface area (Å²) in [5.74, 6) is 6.21. The van der Waals surface area contributed by atoms with Crippen LogP contribution in [0.1, 0.15) is 12.2 Å². The van der Waals surface area contributed by atoms with Crippen LogP contribution in [0, 0.1) is 0 Å². The number of nitrogen functional groups attached to an aromatic ring is 1. The fourth-order valence-corrected chi connectivity index (χ4v) is 2.64. The number of H-pyrrole nitrogens is 1. The normalized spacial score (nSPS) is 11.4. The number of aromatic nitrogens is 4. The molecular formula is C10H15N7O2S. The minimum absolute atomic E-state index is 0.111. The number of rotatable bonds is 7. The van der Waals surface area contributed by atoms with E-state index >= 15 is 0 Å². The van der Waals surface area contributed by atoms with Crippen molar-refractivity contribution in [2.75, 3.05) is 12.0 Å². The number of aryl methyl sites for hydroxylation is 1. The molecule has 0 radical (unpaired) electrons. The van der Waals surface area contributed by atoms with E-state index in [-0.39, 0.29) is 10.7 Å². The average molecular weight is 297 g/mol. The molecule has 0 fully saturated rings. The van der Waals surface area contributed by atoms with Crippen molar-refractivity contribution in [2.45, 2.75) is 17.7 Å². The summed E-state index contributed by atoms with van der Waals surface area (Å²) in [4.78, 5) is 7.92. The highest BCUT2D eigenvalue weighted by atomic mass is 32.2. The summed E-state index contributed by atoms with van der Waals surface area (Å²) in [6, 6.07) is 2.76. The molecule has 20 heavy (non-hydrogen) atoms. The van der Waals surface area contributed by atoms with Crippen LogP contribution >= 0.6 is 0 Å². The molecule has 0 amide bonds. The van der Waals surface area contributed by atoms with Gasteiger partial charge in [0.05, 0.1) is 4.90 Å². The third-order valence-electron chi connectivity index (χ3n) is 2.54. The van der Waals surface area contributed by atoms with Crippen molar-refractivity contribution in [1.82, 2.24) is 24.9 Å². The first-order valence-electron chi connectivity index (χ1n) is 5.88. The molecule has 0 atom stereocenters. The minimum atomic E-state index is -3.57. The Labute approximate surface area is 116 Å². The van der Waals surface area contributed by atoms with Gasteiger partial charge >= 0.3 is 0 Å². The monoisotopic (exact) mass is 297 g/mol. The lowest BCUT2D eigenvalue weighted by molar-refractivity contribution is 0.578. The Morgan fingerprint density at radius 3 is 2.90 bits per heavy atom. The zero-order chi connectivity index (χ0) is 14.4. The smallest absolute Gasteiger partial charge is 0.240 e. The van der Waals surface area contributed by atoms with Crippen molar-refractivity contribution in [1.29, 1.82) is 0 Å². The quantitative estimate of drug-likeness (QED) is 0.304. The summed E-state index contributed by atoms with van der Waals surface area (Å²) >= 11 is 0. The molecule has 0 spiro atoms. The molecule has 5 N–H and O–H groups in total. The van der Waals surface area contributed by atoms with Crippen LogP contribution in [0.4, 0.5) is 5.82 Å². The number of sulfonamides is 1. The molecule has 108 valence electrons. The Balaban J connectivity index is 1.90. The van der Waals surface area contributed by atoms with Crippen LogP contribution in [-0.2, 0) is 16.4 Å². The van der Waals surface area contributed by atoms with Gasteiger partial charge in [-0.2, -0.15) is 5.10 Å². The molecule has 0 unspecified atom stereocenters. The fourth-order valence-electron chi connectivity index (χ4n) is 1.55. The molecule has 2 heterocycles. The molecule has 9 nitrogen and oxygen atoms in total. The molecule has 0 saturated carbocycles. The van der Waals surface area contributed by atoms with E-state index < -0.39 is 10.0 Å². The number of nitrogens with one attached hydrogen (secondary N) is 3. The van der Waals surface area contributed by atoms with Gasteiger partial charge in [-0.25, -0.2) is 29.0 Å². The molecule has 0 bridgehead atoms. The summed E-state index contributed by atoms with van der Waals surface area (Å²) in [6.45, 7) is 0.302. The summed E-state index contributed by atoms with van der Waals surface area (Å²) in [7, 11) is -3.57. The number of hydrazine groups is 1.